The van der Waals surface area contributed by atoms with Gasteiger partial charge >= 0.3 is 0 Å². The molecule has 0 fully saturated rings. The Morgan fingerprint density at radius 3 is 2.79 bits per heavy atom. The van der Waals surface area contributed by atoms with Crippen molar-refractivity contribution in [2.75, 3.05) is 0 Å². The van der Waals surface area contributed by atoms with Gasteiger partial charge in [-0.05, 0) is 36.1 Å². The Balaban J connectivity index is 1.62. The van der Waals surface area contributed by atoms with E-state index in [1.165, 1.54) is 0 Å². The van der Waals surface area contributed by atoms with Crippen LogP contribution in [0, 0.1) is 0 Å². The maximum absolute atomic E-state index is 12.2. The highest BCUT2D eigenvalue weighted by Crippen LogP contribution is 2.28. The molecule has 7 heteroatoms. The summed E-state index contributed by atoms with van der Waals surface area (Å²) in [7, 11) is 0. The van der Waals surface area contributed by atoms with Gasteiger partial charge in [0.05, 0.1) is 33.1 Å². The smallest absolute Gasteiger partial charge is 0.226 e. The number of amides is 1. The number of benzene rings is 1. The SMILES string of the molecule is C[C@@H](NC(=O)Cc1csc(-c2cccs2)n1)c1ccc(Cl)c(Cl)c1. The molecule has 3 nitrogen and oxygen atoms in total. The molecular weight excluding hydrogens is 383 g/mol. The molecule has 2 heterocycles. The number of aromatic nitrogens is 1. The van der Waals surface area contributed by atoms with E-state index in [4.69, 9.17) is 23.2 Å². The Bertz CT molecular complexity index is 846. The molecule has 3 rings (SSSR count). The van der Waals surface area contributed by atoms with Crippen LogP contribution in [0.15, 0.2) is 41.1 Å². The van der Waals surface area contributed by atoms with E-state index in [2.05, 4.69) is 10.3 Å². The molecule has 0 bridgehead atoms. The number of nitrogens with zero attached hydrogens (tertiary/aromatic N) is 1. The van der Waals surface area contributed by atoms with Crippen LogP contribution in [-0.2, 0) is 11.2 Å². The van der Waals surface area contributed by atoms with E-state index in [1.54, 1.807) is 34.8 Å². The standard InChI is InChI=1S/C17H14Cl2N2OS2/c1-10(11-4-5-13(18)14(19)7-11)20-16(22)8-12-9-24-17(21-12)15-3-2-6-23-15/h2-7,9-10H,8H2,1H3,(H,20,22)/t10-/m1/s1. The molecule has 0 saturated carbocycles. The van der Waals surface area contributed by atoms with Gasteiger partial charge < -0.3 is 5.32 Å². The second kappa shape index (κ2) is 7.66. The molecule has 0 spiro atoms. The summed E-state index contributed by atoms with van der Waals surface area (Å²) in [6.07, 6.45) is 0.257. The average molecular weight is 397 g/mol. The maximum atomic E-state index is 12.2. The molecule has 1 atom stereocenters. The third-order valence-electron chi connectivity index (χ3n) is 3.45. The Morgan fingerprint density at radius 1 is 1.25 bits per heavy atom. The van der Waals surface area contributed by atoms with Crippen molar-refractivity contribution in [1.29, 1.82) is 0 Å². The number of halogens is 2. The summed E-state index contributed by atoms with van der Waals surface area (Å²) in [5.41, 5.74) is 1.69. The van der Waals surface area contributed by atoms with Gasteiger partial charge in [0.25, 0.3) is 0 Å². The number of nitrogens with one attached hydrogen (secondary N) is 1. The summed E-state index contributed by atoms with van der Waals surface area (Å²) in [5, 5.41) is 8.84. The van der Waals surface area contributed by atoms with Crippen molar-refractivity contribution in [3.05, 3.63) is 62.4 Å². The van der Waals surface area contributed by atoms with E-state index in [0.717, 1.165) is 21.1 Å². The third kappa shape index (κ3) is 4.16. The Morgan fingerprint density at radius 2 is 2.08 bits per heavy atom. The lowest BCUT2D eigenvalue weighted by atomic mass is 10.1. The molecule has 1 aromatic carbocycles. The first kappa shape index (κ1) is 17.4. The highest BCUT2D eigenvalue weighted by molar-refractivity contribution is 7.20. The van der Waals surface area contributed by atoms with Gasteiger partial charge in [0.2, 0.25) is 5.91 Å². The third-order valence-corrected chi connectivity index (χ3v) is 6.12. The van der Waals surface area contributed by atoms with Crippen molar-refractivity contribution >= 4 is 51.8 Å². The highest BCUT2D eigenvalue weighted by atomic mass is 35.5. The van der Waals surface area contributed by atoms with Crippen LogP contribution in [0.2, 0.25) is 10.0 Å². The van der Waals surface area contributed by atoms with E-state index in [-0.39, 0.29) is 18.4 Å². The Labute approximate surface area is 158 Å². The van der Waals surface area contributed by atoms with Gasteiger partial charge in [-0.1, -0.05) is 35.3 Å². The fourth-order valence-electron chi connectivity index (χ4n) is 2.22. The zero-order valence-electron chi connectivity index (χ0n) is 12.8. The number of hydrogen-bond acceptors (Lipinski definition) is 4. The lowest BCUT2D eigenvalue weighted by molar-refractivity contribution is -0.121. The van der Waals surface area contributed by atoms with Crippen LogP contribution in [0.25, 0.3) is 9.88 Å². The van der Waals surface area contributed by atoms with E-state index in [0.29, 0.717) is 10.0 Å². The largest absolute Gasteiger partial charge is 0.349 e. The molecule has 124 valence electrons. The summed E-state index contributed by atoms with van der Waals surface area (Å²) in [4.78, 5) is 17.9. The predicted octanol–water partition coefficient (Wildman–Crippen LogP) is 5.60. The number of carbonyl (C=O) groups excluding carboxylic acids is 1. The first-order valence-corrected chi connectivity index (χ1v) is 9.77. The van der Waals surface area contributed by atoms with Gasteiger partial charge in [0.15, 0.2) is 0 Å². The summed E-state index contributed by atoms with van der Waals surface area (Å²) in [6, 6.07) is 9.23. The number of thiazole rings is 1. The lowest BCUT2D eigenvalue weighted by Crippen LogP contribution is -2.28. The van der Waals surface area contributed by atoms with Crippen molar-refractivity contribution in [1.82, 2.24) is 10.3 Å². The predicted molar refractivity (Wildman–Crippen MR) is 102 cm³/mol. The molecule has 0 radical (unpaired) electrons. The van der Waals surface area contributed by atoms with Gasteiger partial charge in [-0.2, -0.15) is 0 Å². The molecule has 2 aromatic heterocycles. The topological polar surface area (TPSA) is 42.0 Å². The van der Waals surface area contributed by atoms with Gasteiger partial charge in [-0.3, -0.25) is 4.79 Å². The minimum Gasteiger partial charge on any atom is -0.349 e. The molecule has 24 heavy (non-hydrogen) atoms. The first-order chi connectivity index (χ1) is 11.5. The molecule has 0 aliphatic heterocycles. The molecule has 0 aliphatic carbocycles. The molecule has 0 unspecified atom stereocenters. The average Bonchev–Trinajstić information content (AvgIpc) is 3.20. The number of hydrogen-bond donors (Lipinski definition) is 1. The van der Waals surface area contributed by atoms with Crippen molar-refractivity contribution in [2.24, 2.45) is 0 Å². The second-order valence-corrected chi connectivity index (χ2v) is 7.88. The minimum atomic E-state index is -0.150. The molecule has 0 saturated heterocycles. The van der Waals surface area contributed by atoms with E-state index in [9.17, 15) is 4.79 Å². The van der Waals surface area contributed by atoms with Crippen LogP contribution in [0.4, 0.5) is 0 Å². The van der Waals surface area contributed by atoms with Crippen LogP contribution in [0.1, 0.15) is 24.2 Å². The van der Waals surface area contributed by atoms with Crippen LogP contribution >= 0.6 is 45.9 Å². The van der Waals surface area contributed by atoms with E-state index in [1.807, 2.05) is 35.9 Å². The molecule has 3 aromatic rings. The van der Waals surface area contributed by atoms with Gasteiger partial charge in [0.1, 0.15) is 5.01 Å². The Kier molecular flexibility index (Phi) is 5.56. The maximum Gasteiger partial charge on any atom is 0.226 e. The van der Waals surface area contributed by atoms with Crippen LogP contribution in [-0.4, -0.2) is 10.9 Å². The minimum absolute atomic E-state index is 0.0726. The van der Waals surface area contributed by atoms with Crippen molar-refractivity contribution < 1.29 is 4.79 Å². The van der Waals surface area contributed by atoms with Crippen LogP contribution in [0.5, 0.6) is 0 Å². The summed E-state index contributed by atoms with van der Waals surface area (Å²) < 4.78 is 0. The zero-order valence-corrected chi connectivity index (χ0v) is 15.9. The fourth-order valence-corrected chi connectivity index (χ4v) is 4.16. The normalized spacial score (nSPS) is 12.1. The monoisotopic (exact) mass is 396 g/mol. The Hall–Kier alpha value is -1.40. The van der Waals surface area contributed by atoms with Crippen LogP contribution in [0.3, 0.4) is 0 Å². The number of carbonyl (C=O) groups is 1. The zero-order chi connectivity index (χ0) is 17.1. The van der Waals surface area contributed by atoms with Gasteiger partial charge in [0, 0.05) is 5.38 Å². The first-order valence-electron chi connectivity index (χ1n) is 7.25. The van der Waals surface area contributed by atoms with Crippen molar-refractivity contribution in [3.8, 4) is 9.88 Å². The van der Waals surface area contributed by atoms with Crippen LogP contribution < -0.4 is 5.32 Å². The number of thiophene rings is 1. The van der Waals surface area contributed by atoms with E-state index < -0.39 is 0 Å². The molecular formula is C17H14Cl2N2OS2. The fraction of sp³-hybridized carbons (Fsp3) is 0.176. The van der Waals surface area contributed by atoms with Crippen molar-refractivity contribution in [3.63, 3.8) is 0 Å². The summed E-state index contributed by atoms with van der Waals surface area (Å²) in [6.45, 7) is 1.91. The summed E-state index contributed by atoms with van der Waals surface area (Å²) in [5.74, 6) is -0.0726. The molecule has 0 aliphatic rings. The van der Waals surface area contributed by atoms with Crippen molar-refractivity contribution in [2.45, 2.75) is 19.4 Å². The highest BCUT2D eigenvalue weighted by Gasteiger charge is 2.13. The quantitative estimate of drug-likeness (QED) is 0.609. The second-order valence-electron chi connectivity index (χ2n) is 5.26. The van der Waals surface area contributed by atoms with Gasteiger partial charge in [-0.15, -0.1) is 22.7 Å². The number of rotatable bonds is 5. The lowest BCUT2D eigenvalue weighted by Gasteiger charge is -2.14. The van der Waals surface area contributed by atoms with E-state index >= 15 is 0 Å². The molecule has 1 N–H and O–H groups in total. The molecule has 1 amide bonds. The van der Waals surface area contributed by atoms with Gasteiger partial charge in [-0.25, -0.2) is 4.98 Å². The summed E-state index contributed by atoms with van der Waals surface area (Å²) >= 11 is 15.1.